The molecule has 0 saturated heterocycles. The third-order valence-electron chi connectivity index (χ3n) is 2.63. The Hall–Kier alpha value is -0.240. The molecule has 0 heterocycles. The van der Waals surface area contributed by atoms with Crippen LogP contribution in [0.3, 0.4) is 0 Å². The highest BCUT2D eigenvalue weighted by Crippen LogP contribution is 2.30. The number of hydrogen-bond acceptors (Lipinski definition) is 1. The zero-order chi connectivity index (χ0) is 10.6. The Balaban J connectivity index is 2.42. The second kappa shape index (κ2) is 5.59. The summed E-state index contributed by atoms with van der Waals surface area (Å²) >= 11 is 5.70. The van der Waals surface area contributed by atoms with Crippen molar-refractivity contribution < 1.29 is 4.79 Å². The van der Waals surface area contributed by atoms with Crippen LogP contribution < -0.4 is 0 Å². The molecule has 1 amide bonds. The third kappa shape index (κ3) is 3.49. The summed E-state index contributed by atoms with van der Waals surface area (Å²) in [5, 5.41) is 0. The predicted molar refractivity (Wildman–Crippen MR) is 59.5 cm³/mol. The Morgan fingerprint density at radius 1 is 1.57 bits per heavy atom. The molecule has 1 rings (SSSR count). The third-order valence-corrected chi connectivity index (χ3v) is 3.10. The molecule has 14 heavy (non-hydrogen) atoms. The number of rotatable bonds is 6. The van der Waals surface area contributed by atoms with Gasteiger partial charge in [0.1, 0.15) is 0 Å². The van der Waals surface area contributed by atoms with Gasteiger partial charge in [-0.1, -0.05) is 13.8 Å². The Bertz CT molecular complexity index is 192. The lowest BCUT2D eigenvalue weighted by molar-refractivity contribution is -0.134. The SMILES string of the molecule is CCCN(CC1CC1)C(=O)C(C)CCl. The lowest BCUT2D eigenvalue weighted by Gasteiger charge is -2.24. The molecule has 0 aromatic rings. The van der Waals surface area contributed by atoms with Gasteiger partial charge in [-0.25, -0.2) is 0 Å². The average Bonchev–Trinajstić information content (AvgIpc) is 2.98. The first kappa shape index (κ1) is 11.8. The lowest BCUT2D eigenvalue weighted by Crippen LogP contribution is -2.37. The van der Waals surface area contributed by atoms with Crippen molar-refractivity contribution in [3.63, 3.8) is 0 Å². The first-order chi connectivity index (χ1) is 6.69. The first-order valence-electron chi connectivity index (χ1n) is 5.53. The summed E-state index contributed by atoms with van der Waals surface area (Å²) in [6.45, 7) is 5.86. The Labute approximate surface area is 91.6 Å². The fourth-order valence-electron chi connectivity index (χ4n) is 1.55. The molecule has 0 radical (unpaired) electrons. The molecule has 0 N–H and O–H groups in total. The van der Waals surface area contributed by atoms with Crippen LogP contribution in [0.1, 0.15) is 33.1 Å². The fraction of sp³-hybridized carbons (Fsp3) is 0.909. The second-order valence-corrected chi connectivity index (χ2v) is 4.59. The van der Waals surface area contributed by atoms with E-state index in [0.29, 0.717) is 5.88 Å². The van der Waals surface area contributed by atoms with Crippen molar-refractivity contribution in [3.05, 3.63) is 0 Å². The number of carbonyl (C=O) groups is 1. The van der Waals surface area contributed by atoms with Gasteiger partial charge >= 0.3 is 0 Å². The number of alkyl halides is 1. The molecule has 3 heteroatoms. The van der Waals surface area contributed by atoms with Gasteiger partial charge in [0, 0.05) is 24.9 Å². The molecule has 0 spiro atoms. The molecular formula is C11H20ClNO. The zero-order valence-electron chi connectivity index (χ0n) is 9.13. The van der Waals surface area contributed by atoms with Crippen LogP contribution in [0.5, 0.6) is 0 Å². The van der Waals surface area contributed by atoms with E-state index in [1.807, 2.05) is 11.8 Å². The van der Waals surface area contributed by atoms with E-state index in [1.54, 1.807) is 0 Å². The van der Waals surface area contributed by atoms with Crippen LogP contribution in [-0.2, 0) is 4.79 Å². The Morgan fingerprint density at radius 2 is 2.21 bits per heavy atom. The predicted octanol–water partition coefficient (Wildman–Crippen LogP) is 2.51. The normalized spacial score (nSPS) is 17.9. The van der Waals surface area contributed by atoms with Gasteiger partial charge in [0.05, 0.1) is 0 Å². The van der Waals surface area contributed by atoms with Gasteiger partial charge in [0.25, 0.3) is 0 Å². The van der Waals surface area contributed by atoms with Crippen LogP contribution in [-0.4, -0.2) is 29.8 Å². The highest BCUT2D eigenvalue weighted by atomic mass is 35.5. The van der Waals surface area contributed by atoms with Crippen molar-refractivity contribution in [2.24, 2.45) is 11.8 Å². The largest absolute Gasteiger partial charge is 0.342 e. The minimum absolute atomic E-state index is 0.0260. The van der Waals surface area contributed by atoms with Crippen molar-refractivity contribution in [2.45, 2.75) is 33.1 Å². The summed E-state index contributed by atoms with van der Waals surface area (Å²) in [7, 11) is 0. The molecule has 0 bridgehead atoms. The van der Waals surface area contributed by atoms with Crippen LogP contribution in [0.25, 0.3) is 0 Å². The van der Waals surface area contributed by atoms with Crippen LogP contribution in [0.15, 0.2) is 0 Å². The Morgan fingerprint density at radius 3 is 2.64 bits per heavy atom. The van der Waals surface area contributed by atoms with E-state index in [4.69, 9.17) is 11.6 Å². The highest BCUT2D eigenvalue weighted by molar-refractivity contribution is 6.19. The van der Waals surface area contributed by atoms with E-state index in [1.165, 1.54) is 12.8 Å². The monoisotopic (exact) mass is 217 g/mol. The van der Waals surface area contributed by atoms with E-state index >= 15 is 0 Å². The maximum Gasteiger partial charge on any atom is 0.226 e. The standard InChI is InChI=1S/C11H20ClNO/c1-3-6-13(8-10-4-5-10)11(14)9(2)7-12/h9-10H,3-8H2,1-2H3. The lowest BCUT2D eigenvalue weighted by atomic mass is 10.1. The highest BCUT2D eigenvalue weighted by Gasteiger charge is 2.27. The summed E-state index contributed by atoms with van der Waals surface area (Å²) in [4.78, 5) is 13.9. The number of hydrogen-bond donors (Lipinski definition) is 0. The smallest absolute Gasteiger partial charge is 0.226 e. The maximum atomic E-state index is 11.9. The van der Waals surface area contributed by atoms with Crippen LogP contribution in [0.2, 0.25) is 0 Å². The van der Waals surface area contributed by atoms with Gasteiger partial charge in [-0.3, -0.25) is 4.79 Å². The van der Waals surface area contributed by atoms with Crippen molar-refractivity contribution in [1.82, 2.24) is 4.90 Å². The molecule has 1 unspecified atom stereocenters. The summed E-state index contributed by atoms with van der Waals surface area (Å²) in [5.41, 5.74) is 0. The average molecular weight is 218 g/mol. The van der Waals surface area contributed by atoms with Gasteiger partial charge in [0.2, 0.25) is 5.91 Å². The Kier molecular flexibility index (Phi) is 4.73. The molecule has 1 atom stereocenters. The van der Waals surface area contributed by atoms with Crippen molar-refractivity contribution in [1.29, 1.82) is 0 Å². The van der Waals surface area contributed by atoms with Gasteiger partial charge < -0.3 is 4.90 Å². The minimum Gasteiger partial charge on any atom is -0.342 e. The van der Waals surface area contributed by atoms with Gasteiger partial charge in [-0.15, -0.1) is 11.6 Å². The molecule has 2 nitrogen and oxygen atoms in total. The molecule has 1 fully saturated rings. The first-order valence-corrected chi connectivity index (χ1v) is 6.07. The molecule has 1 saturated carbocycles. The second-order valence-electron chi connectivity index (χ2n) is 4.28. The van der Waals surface area contributed by atoms with Crippen LogP contribution in [0, 0.1) is 11.8 Å². The maximum absolute atomic E-state index is 11.9. The molecular weight excluding hydrogens is 198 g/mol. The molecule has 0 aromatic carbocycles. The van der Waals surface area contributed by atoms with Crippen molar-refractivity contribution in [3.8, 4) is 0 Å². The molecule has 1 aliphatic carbocycles. The quantitative estimate of drug-likeness (QED) is 0.627. The molecule has 1 aliphatic rings. The summed E-state index contributed by atoms with van der Waals surface area (Å²) in [5.74, 6) is 1.41. The summed E-state index contributed by atoms with van der Waals surface area (Å²) < 4.78 is 0. The van der Waals surface area contributed by atoms with E-state index in [-0.39, 0.29) is 11.8 Å². The van der Waals surface area contributed by atoms with Crippen LogP contribution >= 0.6 is 11.6 Å². The van der Waals surface area contributed by atoms with E-state index in [0.717, 1.165) is 25.4 Å². The molecule has 0 aliphatic heterocycles. The van der Waals surface area contributed by atoms with E-state index < -0.39 is 0 Å². The van der Waals surface area contributed by atoms with Gasteiger partial charge in [-0.05, 0) is 25.2 Å². The molecule has 82 valence electrons. The number of nitrogens with zero attached hydrogens (tertiary/aromatic N) is 1. The minimum atomic E-state index is -0.0260. The molecule has 0 aromatic heterocycles. The number of halogens is 1. The summed E-state index contributed by atoms with van der Waals surface area (Å²) in [6.07, 6.45) is 3.62. The fourth-order valence-corrected chi connectivity index (χ4v) is 1.68. The topological polar surface area (TPSA) is 20.3 Å². The van der Waals surface area contributed by atoms with E-state index in [2.05, 4.69) is 6.92 Å². The van der Waals surface area contributed by atoms with E-state index in [9.17, 15) is 4.79 Å². The van der Waals surface area contributed by atoms with Crippen molar-refractivity contribution in [2.75, 3.05) is 19.0 Å². The van der Waals surface area contributed by atoms with Gasteiger partial charge in [0.15, 0.2) is 0 Å². The van der Waals surface area contributed by atoms with Crippen molar-refractivity contribution >= 4 is 17.5 Å². The number of amides is 1. The van der Waals surface area contributed by atoms with Crippen LogP contribution in [0.4, 0.5) is 0 Å². The summed E-state index contributed by atoms with van der Waals surface area (Å²) in [6, 6.07) is 0. The number of carbonyl (C=O) groups excluding carboxylic acids is 1. The van der Waals surface area contributed by atoms with Gasteiger partial charge in [-0.2, -0.15) is 0 Å². The zero-order valence-corrected chi connectivity index (χ0v) is 9.89.